The first-order valence-electron chi connectivity index (χ1n) is 8.34. The van der Waals surface area contributed by atoms with Crippen molar-refractivity contribution in [1.82, 2.24) is 9.80 Å². The molecule has 1 aliphatic heterocycles. The Balaban J connectivity index is 1.47. The number of nitrogens with zero attached hydrogens (tertiary/aromatic N) is 2. The van der Waals surface area contributed by atoms with Crippen molar-refractivity contribution >= 4 is 29.1 Å². The van der Waals surface area contributed by atoms with Crippen LogP contribution in [0.1, 0.15) is 10.4 Å². The van der Waals surface area contributed by atoms with Crippen LogP contribution in [0.4, 0.5) is 10.1 Å². The number of halogens is 2. The highest BCUT2D eigenvalue weighted by Gasteiger charge is 2.23. The quantitative estimate of drug-likeness (QED) is 0.894. The van der Waals surface area contributed by atoms with E-state index in [0.717, 1.165) is 0 Å². The molecule has 1 heterocycles. The van der Waals surface area contributed by atoms with Crippen LogP contribution in [0.5, 0.6) is 0 Å². The summed E-state index contributed by atoms with van der Waals surface area (Å²) in [4.78, 5) is 28.3. The molecule has 5 nitrogen and oxygen atoms in total. The number of amides is 2. The monoisotopic (exact) mass is 375 g/mol. The third kappa shape index (κ3) is 4.80. The van der Waals surface area contributed by atoms with Gasteiger partial charge in [0, 0.05) is 42.5 Å². The number of hydrogen-bond acceptors (Lipinski definition) is 3. The van der Waals surface area contributed by atoms with E-state index in [2.05, 4.69) is 5.32 Å². The first-order valence-corrected chi connectivity index (χ1v) is 8.72. The fourth-order valence-electron chi connectivity index (χ4n) is 2.82. The normalized spacial score (nSPS) is 14.9. The van der Waals surface area contributed by atoms with Crippen molar-refractivity contribution in [2.45, 2.75) is 0 Å². The highest BCUT2D eigenvalue weighted by Crippen LogP contribution is 2.13. The summed E-state index contributed by atoms with van der Waals surface area (Å²) in [6, 6.07) is 12.5. The first-order chi connectivity index (χ1) is 12.5. The van der Waals surface area contributed by atoms with Crippen molar-refractivity contribution in [2.75, 3.05) is 38.0 Å². The molecule has 0 spiro atoms. The average molecular weight is 376 g/mol. The van der Waals surface area contributed by atoms with Gasteiger partial charge in [-0.25, -0.2) is 4.39 Å². The molecule has 1 saturated heterocycles. The van der Waals surface area contributed by atoms with E-state index < -0.39 is 0 Å². The second-order valence-corrected chi connectivity index (χ2v) is 6.57. The Hall–Kier alpha value is -2.44. The molecule has 0 saturated carbocycles. The average Bonchev–Trinajstić information content (AvgIpc) is 2.64. The minimum Gasteiger partial charge on any atom is -0.336 e. The van der Waals surface area contributed by atoms with Crippen LogP contribution in [0.15, 0.2) is 48.5 Å². The lowest BCUT2D eigenvalue weighted by Crippen LogP contribution is -2.50. The lowest BCUT2D eigenvalue weighted by Gasteiger charge is -2.34. The number of anilines is 1. The van der Waals surface area contributed by atoms with Gasteiger partial charge in [0.2, 0.25) is 5.91 Å². The maximum absolute atomic E-state index is 12.9. The highest BCUT2D eigenvalue weighted by molar-refractivity contribution is 6.30. The Bertz CT molecular complexity index is 772. The molecular weight excluding hydrogens is 357 g/mol. The lowest BCUT2D eigenvalue weighted by atomic mass is 10.2. The van der Waals surface area contributed by atoms with Gasteiger partial charge in [-0.05, 0) is 48.5 Å². The Labute approximate surface area is 156 Å². The Morgan fingerprint density at radius 2 is 1.58 bits per heavy atom. The maximum Gasteiger partial charge on any atom is 0.253 e. The molecule has 3 rings (SSSR count). The fourth-order valence-corrected chi connectivity index (χ4v) is 2.95. The zero-order valence-electron chi connectivity index (χ0n) is 14.1. The maximum atomic E-state index is 12.9. The SMILES string of the molecule is O=C(CN1CCN(C(=O)c2ccc(Cl)cc2)CC1)Nc1ccc(F)cc1. The third-order valence-corrected chi connectivity index (χ3v) is 4.50. The van der Waals surface area contributed by atoms with Gasteiger partial charge in [-0.1, -0.05) is 11.6 Å². The molecule has 1 aliphatic rings. The van der Waals surface area contributed by atoms with Crippen LogP contribution >= 0.6 is 11.6 Å². The van der Waals surface area contributed by atoms with E-state index in [-0.39, 0.29) is 24.2 Å². The molecule has 2 aromatic carbocycles. The van der Waals surface area contributed by atoms with E-state index in [0.29, 0.717) is 42.5 Å². The van der Waals surface area contributed by atoms with Crippen molar-refractivity contribution in [3.8, 4) is 0 Å². The molecule has 26 heavy (non-hydrogen) atoms. The van der Waals surface area contributed by atoms with Crippen molar-refractivity contribution in [3.05, 3.63) is 64.9 Å². The molecule has 1 N–H and O–H groups in total. The summed E-state index contributed by atoms with van der Waals surface area (Å²) in [5, 5.41) is 3.34. The standard InChI is InChI=1S/C19H19ClFN3O2/c20-15-3-1-14(2-4-15)19(26)24-11-9-23(10-12-24)13-18(25)22-17-7-5-16(21)6-8-17/h1-8H,9-13H2,(H,22,25). The van der Waals surface area contributed by atoms with Gasteiger partial charge in [0.05, 0.1) is 6.54 Å². The lowest BCUT2D eigenvalue weighted by molar-refractivity contribution is -0.117. The zero-order chi connectivity index (χ0) is 18.5. The van der Waals surface area contributed by atoms with Crippen LogP contribution in [0.25, 0.3) is 0 Å². The second-order valence-electron chi connectivity index (χ2n) is 6.13. The Kier molecular flexibility index (Phi) is 5.85. The molecule has 2 aromatic rings. The minimum atomic E-state index is -0.343. The van der Waals surface area contributed by atoms with E-state index in [1.807, 2.05) is 4.90 Å². The molecule has 0 bridgehead atoms. The molecule has 0 unspecified atom stereocenters. The molecule has 1 fully saturated rings. The summed E-state index contributed by atoms with van der Waals surface area (Å²) in [6.07, 6.45) is 0. The van der Waals surface area contributed by atoms with Gasteiger partial charge in [-0.3, -0.25) is 14.5 Å². The summed E-state index contributed by atoms with van der Waals surface area (Å²) in [6.45, 7) is 2.60. The molecule has 0 atom stereocenters. The second kappa shape index (κ2) is 8.29. The third-order valence-electron chi connectivity index (χ3n) is 4.25. The van der Waals surface area contributed by atoms with E-state index >= 15 is 0 Å². The summed E-state index contributed by atoms with van der Waals surface area (Å²) >= 11 is 5.85. The number of carbonyl (C=O) groups excluding carboxylic acids is 2. The predicted octanol–water partition coefficient (Wildman–Crippen LogP) is 2.88. The molecule has 0 aromatic heterocycles. The number of nitrogens with one attached hydrogen (secondary N) is 1. The van der Waals surface area contributed by atoms with Crippen LogP contribution in [0.3, 0.4) is 0 Å². The molecule has 0 aliphatic carbocycles. The zero-order valence-corrected chi connectivity index (χ0v) is 14.9. The van der Waals surface area contributed by atoms with Crippen molar-refractivity contribution in [3.63, 3.8) is 0 Å². The van der Waals surface area contributed by atoms with Gasteiger partial charge < -0.3 is 10.2 Å². The summed E-state index contributed by atoms with van der Waals surface area (Å²) in [5.41, 5.74) is 1.17. The molecule has 0 radical (unpaired) electrons. The van der Waals surface area contributed by atoms with Gasteiger partial charge in [0.1, 0.15) is 5.82 Å². The Morgan fingerprint density at radius 3 is 2.19 bits per heavy atom. The number of hydrogen-bond donors (Lipinski definition) is 1. The predicted molar refractivity (Wildman–Crippen MR) is 98.8 cm³/mol. The van der Waals surface area contributed by atoms with Crippen molar-refractivity contribution < 1.29 is 14.0 Å². The summed E-state index contributed by atoms with van der Waals surface area (Å²) in [5.74, 6) is -0.532. The number of carbonyl (C=O) groups is 2. The topological polar surface area (TPSA) is 52.7 Å². The van der Waals surface area contributed by atoms with Gasteiger partial charge in [0.25, 0.3) is 5.91 Å². The van der Waals surface area contributed by atoms with Gasteiger partial charge in [-0.15, -0.1) is 0 Å². The van der Waals surface area contributed by atoms with Crippen LogP contribution < -0.4 is 5.32 Å². The van der Waals surface area contributed by atoms with Crippen molar-refractivity contribution in [1.29, 1.82) is 0 Å². The molecular formula is C19H19ClFN3O2. The largest absolute Gasteiger partial charge is 0.336 e. The molecule has 7 heteroatoms. The fraction of sp³-hybridized carbons (Fsp3) is 0.263. The smallest absolute Gasteiger partial charge is 0.253 e. The Morgan fingerprint density at radius 1 is 0.962 bits per heavy atom. The van der Waals surface area contributed by atoms with Crippen LogP contribution in [-0.2, 0) is 4.79 Å². The van der Waals surface area contributed by atoms with E-state index in [4.69, 9.17) is 11.6 Å². The minimum absolute atomic E-state index is 0.0305. The van der Waals surface area contributed by atoms with Crippen LogP contribution in [0.2, 0.25) is 5.02 Å². The van der Waals surface area contributed by atoms with Crippen molar-refractivity contribution in [2.24, 2.45) is 0 Å². The van der Waals surface area contributed by atoms with Gasteiger partial charge >= 0.3 is 0 Å². The molecule has 2 amide bonds. The summed E-state index contributed by atoms with van der Waals surface area (Å²) < 4.78 is 12.9. The van der Waals surface area contributed by atoms with Crippen LogP contribution in [-0.4, -0.2) is 54.3 Å². The number of rotatable bonds is 4. The van der Waals surface area contributed by atoms with Gasteiger partial charge in [-0.2, -0.15) is 0 Å². The summed E-state index contributed by atoms with van der Waals surface area (Å²) in [7, 11) is 0. The van der Waals surface area contributed by atoms with Gasteiger partial charge in [0.15, 0.2) is 0 Å². The van der Waals surface area contributed by atoms with Crippen LogP contribution in [0, 0.1) is 5.82 Å². The first kappa shape index (κ1) is 18.4. The number of piperazine rings is 1. The van der Waals surface area contributed by atoms with E-state index in [1.165, 1.54) is 24.3 Å². The van der Waals surface area contributed by atoms with E-state index in [1.54, 1.807) is 29.2 Å². The van der Waals surface area contributed by atoms with E-state index in [9.17, 15) is 14.0 Å². The molecule has 136 valence electrons. The number of benzene rings is 2. The highest BCUT2D eigenvalue weighted by atomic mass is 35.5.